The maximum atomic E-state index is 5.33. The molecule has 1 aromatic heterocycles. The number of aromatic nitrogens is 2. The van der Waals surface area contributed by atoms with E-state index >= 15 is 0 Å². The molecule has 0 aliphatic rings. The largest absolute Gasteiger partial charge is 0.497 e. The van der Waals surface area contributed by atoms with Crippen LogP contribution in [0.5, 0.6) is 11.5 Å². The summed E-state index contributed by atoms with van der Waals surface area (Å²) in [6.07, 6.45) is 8.19. The van der Waals surface area contributed by atoms with Gasteiger partial charge in [-0.25, -0.2) is 9.97 Å². The Hall–Kier alpha value is -2.67. The van der Waals surface area contributed by atoms with Gasteiger partial charge in [-0.05, 0) is 12.5 Å². The summed E-state index contributed by atoms with van der Waals surface area (Å²) in [4.78, 5) is 9.45. The van der Waals surface area contributed by atoms with Gasteiger partial charge in [-0.1, -0.05) is 37.6 Å². The summed E-state index contributed by atoms with van der Waals surface area (Å²) < 4.78 is 13.8. The molecular weight excluding hydrogens is 348 g/mol. The summed E-state index contributed by atoms with van der Waals surface area (Å²) >= 11 is 1.46. The van der Waals surface area contributed by atoms with Crippen LogP contribution in [0.1, 0.15) is 18.3 Å². The van der Waals surface area contributed by atoms with Crippen LogP contribution in [0.25, 0.3) is 6.08 Å². The molecule has 26 heavy (non-hydrogen) atoms. The molecule has 0 fully saturated rings. The monoisotopic (exact) mass is 372 g/mol. The fourth-order valence-corrected chi connectivity index (χ4v) is 2.64. The summed E-state index contributed by atoms with van der Waals surface area (Å²) in [7, 11) is 3.24. The lowest BCUT2D eigenvalue weighted by Crippen LogP contribution is -2.06. The molecule has 2 aromatic rings. The maximum Gasteiger partial charge on any atom is 0.179 e. The van der Waals surface area contributed by atoms with Crippen molar-refractivity contribution in [2.45, 2.75) is 13.3 Å². The van der Waals surface area contributed by atoms with E-state index in [0.29, 0.717) is 23.1 Å². The van der Waals surface area contributed by atoms with Crippen LogP contribution in [0.3, 0.4) is 0 Å². The number of allylic oxidation sites excluding steroid dienone is 2. The van der Waals surface area contributed by atoms with Crippen LogP contribution in [-0.2, 0) is 6.42 Å². The second-order valence-corrected chi connectivity index (χ2v) is 5.85. The van der Waals surface area contributed by atoms with Gasteiger partial charge in [0.05, 0.1) is 25.6 Å². The van der Waals surface area contributed by atoms with E-state index < -0.39 is 0 Å². The van der Waals surface area contributed by atoms with Crippen LogP contribution < -0.4 is 19.5 Å². The number of nitrogens with zero attached hydrogens (tertiary/aromatic N) is 2. The average molecular weight is 372 g/mol. The number of methoxy groups -OCH3 is 2. The Morgan fingerprint density at radius 3 is 2.35 bits per heavy atom. The summed E-state index contributed by atoms with van der Waals surface area (Å²) in [6, 6.07) is 5.57. The van der Waals surface area contributed by atoms with Crippen molar-refractivity contribution in [2.24, 2.45) is 0 Å². The Morgan fingerprint density at radius 2 is 1.81 bits per heavy atom. The minimum atomic E-state index is 0.621. The number of hydrogen-bond acceptors (Lipinski definition) is 7. The second-order valence-electron chi connectivity index (χ2n) is 5.23. The Balaban J connectivity index is 2.49. The van der Waals surface area contributed by atoms with Crippen LogP contribution in [0.4, 0.5) is 17.3 Å². The first-order valence-electron chi connectivity index (χ1n) is 8.14. The number of anilines is 3. The molecule has 0 aliphatic heterocycles. The molecule has 0 atom stereocenters. The molecule has 6 nitrogen and oxygen atoms in total. The predicted molar refractivity (Wildman–Crippen MR) is 111 cm³/mol. The van der Waals surface area contributed by atoms with Gasteiger partial charge in [0, 0.05) is 30.1 Å². The summed E-state index contributed by atoms with van der Waals surface area (Å²) in [5.74, 6) is 2.68. The van der Waals surface area contributed by atoms with E-state index in [1.54, 1.807) is 20.3 Å². The zero-order chi connectivity index (χ0) is 18.9. The minimum Gasteiger partial charge on any atom is -0.497 e. The molecule has 0 saturated carbocycles. The Kier molecular flexibility index (Phi) is 7.35. The van der Waals surface area contributed by atoms with E-state index in [2.05, 4.69) is 23.5 Å². The summed E-state index contributed by atoms with van der Waals surface area (Å²) in [6.45, 7) is 5.77. The summed E-state index contributed by atoms with van der Waals surface area (Å²) in [5.41, 5.74) is 2.51. The highest BCUT2D eigenvalue weighted by Crippen LogP contribution is 2.30. The van der Waals surface area contributed by atoms with E-state index in [1.807, 2.05) is 36.6 Å². The SMILES string of the molecule is C=C/C=C\c1nc(Nc2cc(OC)cc(OC)c2)c(NSC)nc1CC. The lowest BCUT2D eigenvalue weighted by atomic mass is 10.2. The molecular formula is C19H24N4O2S. The van der Waals surface area contributed by atoms with Gasteiger partial charge in [-0.15, -0.1) is 0 Å². The normalized spacial score (nSPS) is 10.6. The standard InChI is InChI=1S/C19H24N4O2S/c1-6-8-9-17-16(7-2)21-19(23-26-5)18(22-17)20-13-10-14(24-3)12-15(11-13)25-4/h6,8-12H,1,7H2,2-5H3,(H,20,22)(H,21,23)/b9-8-. The highest BCUT2D eigenvalue weighted by atomic mass is 32.2. The van der Waals surface area contributed by atoms with Gasteiger partial charge in [0.25, 0.3) is 0 Å². The lowest BCUT2D eigenvalue weighted by Gasteiger charge is -2.15. The van der Waals surface area contributed by atoms with Crippen LogP contribution in [0.2, 0.25) is 0 Å². The molecule has 0 saturated heterocycles. The van der Waals surface area contributed by atoms with E-state index in [-0.39, 0.29) is 0 Å². The number of benzene rings is 1. The number of hydrogen-bond donors (Lipinski definition) is 2. The minimum absolute atomic E-state index is 0.621. The molecule has 0 spiro atoms. The first-order valence-corrected chi connectivity index (χ1v) is 9.36. The molecule has 7 heteroatoms. The Bertz CT molecular complexity index is 771. The molecule has 0 amide bonds. The van der Waals surface area contributed by atoms with E-state index in [4.69, 9.17) is 19.4 Å². The molecule has 2 rings (SSSR count). The van der Waals surface area contributed by atoms with Gasteiger partial charge in [0.1, 0.15) is 11.5 Å². The van der Waals surface area contributed by atoms with Crippen LogP contribution in [-0.4, -0.2) is 30.4 Å². The van der Waals surface area contributed by atoms with Gasteiger partial charge in [0.2, 0.25) is 0 Å². The highest BCUT2D eigenvalue weighted by molar-refractivity contribution is 7.99. The number of ether oxygens (including phenoxy) is 2. The van der Waals surface area contributed by atoms with Gasteiger partial charge in [0.15, 0.2) is 11.6 Å². The van der Waals surface area contributed by atoms with Crippen molar-refractivity contribution in [2.75, 3.05) is 30.5 Å². The number of aryl methyl sites for hydroxylation is 1. The molecule has 0 unspecified atom stereocenters. The van der Waals surface area contributed by atoms with Crippen LogP contribution in [0.15, 0.2) is 36.9 Å². The molecule has 1 aromatic carbocycles. The van der Waals surface area contributed by atoms with Gasteiger partial charge in [-0.2, -0.15) is 0 Å². The fraction of sp³-hybridized carbons (Fsp3) is 0.263. The number of nitrogens with one attached hydrogen (secondary N) is 2. The molecule has 0 bridgehead atoms. The van der Waals surface area contributed by atoms with E-state index in [0.717, 1.165) is 23.5 Å². The quantitative estimate of drug-likeness (QED) is 0.489. The third kappa shape index (κ3) is 4.92. The summed E-state index contributed by atoms with van der Waals surface area (Å²) in [5, 5.41) is 3.31. The van der Waals surface area contributed by atoms with Crippen molar-refractivity contribution < 1.29 is 9.47 Å². The van der Waals surface area contributed by atoms with Crippen molar-refractivity contribution in [1.82, 2.24) is 9.97 Å². The first-order chi connectivity index (χ1) is 12.6. The van der Waals surface area contributed by atoms with E-state index in [9.17, 15) is 0 Å². The van der Waals surface area contributed by atoms with Crippen molar-refractivity contribution in [3.63, 3.8) is 0 Å². The topological polar surface area (TPSA) is 68.3 Å². The van der Waals surface area contributed by atoms with Gasteiger partial charge in [-0.3, -0.25) is 0 Å². The van der Waals surface area contributed by atoms with Crippen LogP contribution >= 0.6 is 11.9 Å². The maximum absolute atomic E-state index is 5.33. The fourth-order valence-electron chi connectivity index (χ4n) is 2.31. The molecule has 2 N–H and O–H groups in total. The third-order valence-corrected chi connectivity index (χ3v) is 3.93. The average Bonchev–Trinajstić information content (AvgIpc) is 2.67. The molecule has 138 valence electrons. The third-order valence-electron chi connectivity index (χ3n) is 3.54. The first kappa shape index (κ1) is 19.7. The van der Waals surface area contributed by atoms with Crippen molar-refractivity contribution in [1.29, 1.82) is 0 Å². The highest BCUT2D eigenvalue weighted by Gasteiger charge is 2.13. The second kappa shape index (κ2) is 9.72. The smallest absolute Gasteiger partial charge is 0.179 e. The van der Waals surface area contributed by atoms with Crippen LogP contribution in [0, 0.1) is 0 Å². The molecule has 1 heterocycles. The zero-order valence-electron chi connectivity index (χ0n) is 15.5. The van der Waals surface area contributed by atoms with Crippen molar-refractivity contribution >= 4 is 35.3 Å². The van der Waals surface area contributed by atoms with E-state index in [1.165, 1.54) is 11.9 Å². The molecule has 0 radical (unpaired) electrons. The Morgan fingerprint density at radius 1 is 1.12 bits per heavy atom. The molecule has 0 aliphatic carbocycles. The van der Waals surface area contributed by atoms with Gasteiger partial charge < -0.3 is 19.5 Å². The predicted octanol–water partition coefficient (Wildman–Crippen LogP) is 4.69. The lowest BCUT2D eigenvalue weighted by molar-refractivity contribution is 0.395. The Labute approximate surface area is 158 Å². The zero-order valence-corrected chi connectivity index (χ0v) is 16.3. The van der Waals surface area contributed by atoms with Gasteiger partial charge >= 0.3 is 0 Å². The van der Waals surface area contributed by atoms with Crippen molar-refractivity contribution in [3.8, 4) is 11.5 Å². The van der Waals surface area contributed by atoms with Crippen molar-refractivity contribution in [3.05, 3.63) is 48.3 Å². The number of rotatable bonds is 9.